The summed E-state index contributed by atoms with van der Waals surface area (Å²) < 4.78 is 17.8. The number of allylic oxidation sites excluding steroid dienone is 1. The minimum absolute atomic E-state index is 0.0490. The molecule has 0 amide bonds. The fourth-order valence-corrected chi connectivity index (χ4v) is 3.52. The number of aromatic nitrogens is 3. The van der Waals surface area contributed by atoms with Crippen LogP contribution in [0.25, 0.3) is 0 Å². The number of hydrogen-bond donors (Lipinski definition) is 0. The molecule has 0 aliphatic carbocycles. The normalized spacial score (nSPS) is 17.9. The molecule has 2 rings (SSSR count). The van der Waals surface area contributed by atoms with Gasteiger partial charge in [-0.25, -0.2) is 0 Å². The van der Waals surface area contributed by atoms with Crippen LogP contribution in [0.5, 0.6) is 0 Å². The predicted octanol–water partition coefficient (Wildman–Crippen LogP) is 3.00. The first kappa shape index (κ1) is 21.9. The second-order valence-corrected chi connectivity index (χ2v) is 7.74. The van der Waals surface area contributed by atoms with Gasteiger partial charge in [0.25, 0.3) is 0 Å². The van der Waals surface area contributed by atoms with Crippen LogP contribution >= 0.6 is 11.8 Å². The summed E-state index contributed by atoms with van der Waals surface area (Å²) in [6, 6.07) is 0. The molecule has 0 N–H and O–H groups in total. The Morgan fingerprint density at radius 3 is 3.11 bits per heavy atom. The van der Waals surface area contributed by atoms with Crippen molar-refractivity contribution in [2.45, 2.75) is 58.3 Å². The van der Waals surface area contributed by atoms with Crippen molar-refractivity contribution in [3.63, 3.8) is 0 Å². The zero-order valence-electron chi connectivity index (χ0n) is 16.4. The molecule has 0 saturated carbocycles. The molecule has 152 valence electrons. The van der Waals surface area contributed by atoms with E-state index in [1.54, 1.807) is 11.8 Å². The van der Waals surface area contributed by atoms with Crippen LogP contribution in [0.15, 0.2) is 17.8 Å². The first-order valence-corrected chi connectivity index (χ1v) is 10.7. The van der Waals surface area contributed by atoms with Gasteiger partial charge < -0.3 is 14.2 Å². The predicted molar refractivity (Wildman–Crippen MR) is 106 cm³/mol. The molecule has 1 fully saturated rings. The van der Waals surface area contributed by atoms with Crippen LogP contribution in [0, 0.1) is 0 Å². The van der Waals surface area contributed by atoms with Gasteiger partial charge >= 0.3 is 5.97 Å². The van der Waals surface area contributed by atoms with Crippen LogP contribution in [0.4, 0.5) is 0 Å². The number of rotatable bonds is 12. The number of thioether (sulfide) groups is 1. The van der Waals surface area contributed by atoms with Crippen molar-refractivity contribution in [3.8, 4) is 0 Å². The fraction of sp³-hybridized carbons (Fsp3) is 0.737. The van der Waals surface area contributed by atoms with Crippen molar-refractivity contribution in [2.75, 3.05) is 31.8 Å². The molecular formula is C19H31N3O4S. The highest BCUT2D eigenvalue weighted by Gasteiger charge is 2.14. The lowest BCUT2D eigenvalue weighted by molar-refractivity contribution is -0.161. The van der Waals surface area contributed by atoms with Crippen molar-refractivity contribution in [1.29, 1.82) is 0 Å². The van der Waals surface area contributed by atoms with E-state index < -0.39 is 0 Å². The van der Waals surface area contributed by atoms with Crippen molar-refractivity contribution in [1.82, 2.24) is 15.0 Å². The Morgan fingerprint density at radius 1 is 1.44 bits per heavy atom. The summed E-state index contributed by atoms with van der Waals surface area (Å²) in [5.74, 6) is 1.55. The fourth-order valence-electron chi connectivity index (χ4n) is 2.63. The molecule has 27 heavy (non-hydrogen) atoms. The molecule has 1 aliphatic heterocycles. The summed E-state index contributed by atoms with van der Waals surface area (Å²) in [5.41, 5.74) is 2.27. The minimum Gasteiger partial charge on any atom is -0.469 e. The molecule has 2 heterocycles. The molecule has 7 nitrogen and oxygen atoms in total. The largest absolute Gasteiger partial charge is 0.469 e. The van der Waals surface area contributed by atoms with E-state index in [-0.39, 0.29) is 12.3 Å². The third kappa shape index (κ3) is 9.39. The standard InChI is InChI=1S/C19H31N3O4S/c1-16(8-13-27-14-9-18(23)24-2)6-10-22-15-17(20-21-22)7-12-26-19-5-3-4-11-25-19/h8,15,19H,3-7,9-14H2,1-2H3/b16-8+. The SMILES string of the molecule is COC(=O)CCSC/C=C(\C)CCn1cc(CCOC2CCCCO2)nn1. The molecule has 0 aromatic carbocycles. The number of carbonyl (C=O) groups excluding carboxylic acids is 1. The number of ether oxygens (including phenoxy) is 3. The van der Waals surface area contributed by atoms with Crippen molar-refractivity contribution >= 4 is 17.7 Å². The number of aryl methyl sites for hydroxylation is 1. The van der Waals surface area contributed by atoms with E-state index in [4.69, 9.17) is 9.47 Å². The summed E-state index contributed by atoms with van der Waals surface area (Å²) in [6.07, 6.45) is 9.60. The number of carbonyl (C=O) groups is 1. The summed E-state index contributed by atoms with van der Waals surface area (Å²) in [7, 11) is 1.42. The summed E-state index contributed by atoms with van der Waals surface area (Å²) >= 11 is 1.74. The average Bonchev–Trinajstić information content (AvgIpc) is 3.14. The molecule has 1 aromatic heterocycles. The van der Waals surface area contributed by atoms with Gasteiger partial charge in [0.05, 0.1) is 25.8 Å². The first-order valence-electron chi connectivity index (χ1n) is 9.60. The molecule has 1 unspecified atom stereocenters. The maximum atomic E-state index is 11.0. The third-order valence-electron chi connectivity index (χ3n) is 4.35. The minimum atomic E-state index is -0.151. The zero-order chi connectivity index (χ0) is 19.3. The van der Waals surface area contributed by atoms with Crippen LogP contribution < -0.4 is 0 Å². The first-order chi connectivity index (χ1) is 13.2. The topological polar surface area (TPSA) is 75.5 Å². The van der Waals surface area contributed by atoms with E-state index >= 15 is 0 Å². The molecule has 1 saturated heterocycles. The Bertz CT molecular complexity index is 585. The Labute approximate surface area is 165 Å². The van der Waals surface area contributed by atoms with Crippen molar-refractivity contribution < 1.29 is 19.0 Å². The van der Waals surface area contributed by atoms with E-state index in [2.05, 4.69) is 28.0 Å². The second-order valence-electron chi connectivity index (χ2n) is 6.59. The average molecular weight is 398 g/mol. The van der Waals surface area contributed by atoms with Crippen LogP contribution in [-0.4, -0.2) is 59.1 Å². The van der Waals surface area contributed by atoms with E-state index in [0.29, 0.717) is 13.0 Å². The van der Waals surface area contributed by atoms with E-state index in [9.17, 15) is 4.79 Å². The van der Waals surface area contributed by atoms with Gasteiger partial charge in [-0.3, -0.25) is 9.48 Å². The lowest BCUT2D eigenvalue weighted by Gasteiger charge is -2.22. The third-order valence-corrected chi connectivity index (χ3v) is 5.24. The Balaban J connectivity index is 1.57. The van der Waals surface area contributed by atoms with Crippen molar-refractivity contribution in [3.05, 3.63) is 23.5 Å². The molecule has 0 radical (unpaired) electrons. The van der Waals surface area contributed by atoms with E-state index in [0.717, 1.165) is 56.0 Å². The molecule has 8 heteroatoms. The van der Waals surface area contributed by atoms with Crippen LogP contribution in [0.1, 0.15) is 44.7 Å². The lowest BCUT2D eigenvalue weighted by atomic mass is 10.2. The Hall–Kier alpha value is -1.38. The van der Waals surface area contributed by atoms with Gasteiger partial charge in [0.15, 0.2) is 6.29 Å². The number of methoxy groups -OCH3 is 1. The monoisotopic (exact) mass is 397 g/mol. The highest BCUT2D eigenvalue weighted by Crippen LogP contribution is 2.14. The smallest absolute Gasteiger partial charge is 0.306 e. The summed E-state index contributed by atoms with van der Waals surface area (Å²) in [6.45, 7) is 4.36. The Kier molecular flexibility index (Phi) is 10.5. The molecule has 0 spiro atoms. The maximum Gasteiger partial charge on any atom is 0.306 e. The Morgan fingerprint density at radius 2 is 2.33 bits per heavy atom. The number of nitrogens with zero attached hydrogens (tertiary/aromatic N) is 3. The lowest BCUT2D eigenvalue weighted by Crippen LogP contribution is -2.23. The van der Waals surface area contributed by atoms with Gasteiger partial charge in [-0.1, -0.05) is 16.9 Å². The van der Waals surface area contributed by atoms with Crippen LogP contribution in [-0.2, 0) is 32.0 Å². The van der Waals surface area contributed by atoms with Crippen LogP contribution in [0.3, 0.4) is 0 Å². The molecule has 1 aliphatic rings. The van der Waals surface area contributed by atoms with Gasteiger partial charge in [0.1, 0.15) is 0 Å². The molecule has 0 bridgehead atoms. The van der Waals surface area contributed by atoms with Crippen molar-refractivity contribution in [2.24, 2.45) is 0 Å². The quantitative estimate of drug-likeness (QED) is 0.305. The highest BCUT2D eigenvalue weighted by molar-refractivity contribution is 7.99. The summed E-state index contributed by atoms with van der Waals surface area (Å²) in [5, 5.41) is 8.40. The number of esters is 1. The number of hydrogen-bond acceptors (Lipinski definition) is 7. The van der Waals surface area contributed by atoms with Gasteiger partial charge in [0.2, 0.25) is 0 Å². The highest BCUT2D eigenvalue weighted by atomic mass is 32.2. The molecule has 1 aromatic rings. The van der Waals surface area contributed by atoms with Crippen LogP contribution in [0.2, 0.25) is 0 Å². The van der Waals surface area contributed by atoms with E-state index in [1.165, 1.54) is 19.1 Å². The molecule has 1 atom stereocenters. The van der Waals surface area contributed by atoms with Gasteiger partial charge in [0, 0.05) is 37.3 Å². The maximum absolute atomic E-state index is 11.0. The van der Waals surface area contributed by atoms with E-state index in [1.807, 2.05) is 10.9 Å². The van der Waals surface area contributed by atoms with Gasteiger partial charge in [-0.2, -0.15) is 11.8 Å². The zero-order valence-corrected chi connectivity index (χ0v) is 17.2. The molecular weight excluding hydrogens is 366 g/mol. The van der Waals surface area contributed by atoms with Gasteiger partial charge in [-0.15, -0.1) is 5.10 Å². The van der Waals surface area contributed by atoms with Gasteiger partial charge in [-0.05, 0) is 32.6 Å². The second kappa shape index (κ2) is 12.9. The summed E-state index contributed by atoms with van der Waals surface area (Å²) in [4.78, 5) is 11.0.